The molecule has 4 amide bonds. The molecule has 0 aliphatic carbocycles. The first-order chi connectivity index (χ1) is 26.9. The number of alkyl carbamates (subject to hydrolysis) is 2. The molecule has 1 aromatic carbocycles. The third-order valence-electron chi connectivity index (χ3n) is 10.6. The molecule has 4 atom stereocenters. The van der Waals surface area contributed by atoms with Crippen LogP contribution in [-0.4, -0.2) is 103 Å². The van der Waals surface area contributed by atoms with Gasteiger partial charge in [-0.05, 0) is 54.7 Å². The number of nitrogens with zero attached hydrogens (tertiary/aromatic N) is 6. The summed E-state index contributed by atoms with van der Waals surface area (Å²) in [6, 6.07) is 8.40. The summed E-state index contributed by atoms with van der Waals surface area (Å²) in [5, 5.41) is 13.1. The van der Waals surface area contributed by atoms with Crippen LogP contribution in [0, 0.1) is 11.8 Å². The van der Waals surface area contributed by atoms with E-state index in [2.05, 4.69) is 49.1 Å². The molecule has 2 aliphatic rings. The number of hydrogen-bond acceptors (Lipinski definition) is 10. The third kappa shape index (κ3) is 7.72. The average molecular weight is 785 g/mol. The lowest BCUT2D eigenvalue weighted by atomic mass is 10.0. The normalized spacial score (nSPS) is 18.1. The second-order valence-corrected chi connectivity index (χ2v) is 16.0. The van der Waals surface area contributed by atoms with E-state index in [1.54, 1.807) is 22.4 Å². The number of nitrogens with one attached hydrogen (secondary N) is 4. The average Bonchev–Trinajstić information content (AvgIpc) is 4.04. The molecule has 6 heterocycles. The van der Waals surface area contributed by atoms with Gasteiger partial charge in [-0.2, -0.15) is 5.10 Å². The van der Waals surface area contributed by atoms with E-state index < -0.39 is 24.3 Å². The zero-order valence-corrected chi connectivity index (χ0v) is 33.2. The highest BCUT2D eigenvalue weighted by Gasteiger charge is 2.39. The first-order valence-corrected chi connectivity index (χ1v) is 19.8. The minimum absolute atomic E-state index is 0.107. The van der Waals surface area contributed by atoms with Gasteiger partial charge in [0.15, 0.2) is 4.96 Å². The number of thiazole rings is 1. The number of carbonyl (C=O) groups is 4. The van der Waals surface area contributed by atoms with Crippen LogP contribution in [0.25, 0.3) is 38.0 Å². The standard InChI is InChI=1S/C39H48N10O6S/c1-21(2)32(43-38(52)54-5)35(50)48-15-7-9-29(48)26-17-25(45-46-26)28-19-47-20-31(56-37(47)42-28)24-13-11-23(12-14-24)27-18-40-34(41-27)30-10-8-16-49(30)36(51)33(22(3)4)44-39(53)55-6/h11-14,17-22,29-30,32-33H,7-10,15-16H2,1-6H3,(H,40,41)(H,43,52)(H,44,53)(H,45,46). The van der Waals surface area contributed by atoms with Gasteiger partial charge in [-0.25, -0.2) is 19.6 Å². The van der Waals surface area contributed by atoms with Gasteiger partial charge >= 0.3 is 12.2 Å². The van der Waals surface area contributed by atoms with E-state index in [1.807, 2.05) is 61.4 Å². The van der Waals surface area contributed by atoms with Gasteiger partial charge in [0.25, 0.3) is 0 Å². The maximum absolute atomic E-state index is 13.5. The molecule has 7 rings (SSSR count). The lowest BCUT2D eigenvalue weighted by molar-refractivity contribution is -0.136. The smallest absolute Gasteiger partial charge is 0.407 e. The number of hydrogen-bond donors (Lipinski definition) is 4. The number of imidazole rings is 2. The molecule has 5 aromatic rings. The van der Waals surface area contributed by atoms with Crippen LogP contribution in [0.1, 0.15) is 77.0 Å². The zero-order chi connectivity index (χ0) is 39.7. The van der Waals surface area contributed by atoms with E-state index in [1.165, 1.54) is 14.2 Å². The Kier molecular flexibility index (Phi) is 11.1. The van der Waals surface area contributed by atoms with Gasteiger partial charge in [0, 0.05) is 25.5 Å². The summed E-state index contributed by atoms with van der Waals surface area (Å²) in [7, 11) is 2.57. The SMILES string of the molecule is COC(=O)NC(C(=O)N1CCCC1c1cc(-c2cn3cc(-c4ccc(-c5cnc(C6CCCN6C(=O)C(NC(=O)OC)C(C)C)[nH]5)cc4)sc3n2)n[nH]1)C(C)C. The van der Waals surface area contributed by atoms with Crippen LogP contribution >= 0.6 is 11.3 Å². The van der Waals surface area contributed by atoms with Crippen molar-refractivity contribution in [1.29, 1.82) is 0 Å². The number of ether oxygens (including phenoxy) is 2. The summed E-state index contributed by atoms with van der Waals surface area (Å²) in [5.74, 6) is 0.219. The Labute approximate surface area is 328 Å². The first kappa shape index (κ1) is 38.6. The quantitative estimate of drug-likeness (QED) is 0.126. The Morgan fingerprint density at radius 3 is 2.00 bits per heavy atom. The molecule has 2 fully saturated rings. The second-order valence-electron chi connectivity index (χ2n) is 15.0. The fraction of sp³-hybridized carbons (Fsp3) is 0.462. The number of fused-ring (bicyclic) bond motifs is 1. The van der Waals surface area contributed by atoms with Crippen LogP contribution in [0.4, 0.5) is 9.59 Å². The van der Waals surface area contributed by atoms with Crippen molar-refractivity contribution in [2.45, 2.75) is 77.5 Å². The van der Waals surface area contributed by atoms with Crippen molar-refractivity contribution in [1.82, 2.24) is 50.0 Å². The third-order valence-corrected chi connectivity index (χ3v) is 11.7. The van der Waals surface area contributed by atoms with Crippen molar-refractivity contribution < 1.29 is 28.7 Å². The highest BCUT2D eigenvalue weighted by Crippen LogP contribution is 2.36. The first-order valence-electron chi connectivity index (χ1n) is 19.0. The molecule has 17 heteroatoms. The zero-order valence-electron chi connectivity index (χ0n) is 32.4. The summed E-state index contributed by atoms with van der Waals surface area (Å²) in [6.45, 7) is 8.78. The second kappa shape index (κ2) is 16.2. The van der Waals surface area contributed by atoms with Gasteiger partial charge in [0.2, 0.25) is 11.8 Å². The van der Waals surface area contributed by atoms with Crippen molar-refractivity contribution >= 4 is 40.3 Å². The number of benzene rings is 1. The van der Waals surface area contributed by atoms with Gasteiger partial charge in [0.05, 0.1) is 48.8 Å². The van der Waals surface area contributed by atoms with E-state index >= 15 is 0 Å². The molecule has 0 bridgehead atoms. The minimum atomic E-state index is -0.691. The summed E-state index contributed by atoms with van der Waals surface area (Å²) in [5.41, 5.74) is 5.11. The van der Waals surface area contributed by atoms with Gasteiger partial charge in [-0.15, -0.1) is 0 Å². The number of rotatable bonds is 11. The Balaban J connectivity index is 1.02. The van der Waals surface area contributed by atoms with Crippen LogP contribution in [0.3, 0.4) is 0 Å². The molecule has 4 N–H and O–H groups in total. The van der Waals surface area contributed by atoms with E-state index in [-0.39, 0.29) is 35.7 Å². The Bertz CT molecular complexity index is 2170. The number of H-pyrrole nitrogens is 2. The maximum atomic E-state index is 13.5. The molecule has 56 heavy (non-hydrogen) atoms. The number of likely N-dealkylation sites (tertiary alicyclic amines) is 2. The van der Waals surface area contributed by atoms with Crippen LogP contribution in [0.15, 0.2) is 48.9 Å². The van der Waals surface area contributed by atoms with Gasteiger partial charge in [-0.1, -0.05) is 63.3 Å². The molecule has 4 aromatic heterocycles. The largest absolute Gasteiger partial charge is 0.453 e. The Morgan fingerprint density at radius 2 is 1.41 bits per heavy atom. The van der Waals surface area contributed by atoms with Crippen LogP contribution < -0.4 is 10.6 Å². The molecular weight excluding hydrogens is 737 g/mol. The Hall–Kier alpha value is -5.71. The monoisotopic (exact) mass is 784 g/mol. The summed E-state index contributed by atoms with van der Waals surface area (Å²) in [6.07, 6.45) is 7.80. The highest BCUT2D eigenvalue weighted by atomic mass is 32.1. The molecule has 4 unspecified atom stereocenters. The summed E-state index contributed by atoms with van der Waals surface area (Å²) in [4.78, 5) is 69.5. The Morgan fingerprint density at radius 1 is 0.821 bits per heavy atom. The lowest BCUT2D eigenvalue weighted by Crippen LogP contribution is -2.51. The fourth-order valence-electron chi connectivity index (χ4n) is 7.58. The molecule has 2 aliphatic heterocycles. The predicted octanol–water partition coefficient (Wildman–Crippen LogP) is 5.93. The van der Waals surface area contributed by atoms with E-state index in [0.717, 1.165) is 69.6 Å². The molecule has 296 valence electrons. The van der Waals surface area contributed by atoms with Gasteiger partial charge in [0.1, 0.15) is 29.3 Å². The molecule has 0 saturated carbocycles. The topological polar surface area (TPSA) is 192 Å². The summed E-state index contributed by atoms with van der Waals surface area (Å²) >= 11 is 1.57. The number of aromatic amines is 2. The van der Waals surface area contributed by atoms with Crippen LogP contribution in [0.5, 0.6) is 0 Å². The van der Waals surface area contributed by atoms with Gasteiger partial charge in [-0.3, -0.25) is 19.1 Å². The lowest BCUT2D eigenvalue weighted by Gasteiger charge is -2.30. The molecular formula is C39H48N10O6S. The number of amides is 4. The molecule has 16 nitrogen and oxygen atoms in total. The van der Waals surface area contributed by atoms with Crippen LogP contribution in [0.2, 0.25) is 0 Å². The fourth-order valence-corrected chi connectivity index (χ4v) is 8.55. The number of carbonyl (C=O) groups excluding carboxylic acids is 4. The molecule has 0 spiro atoms. The number of aromatic nitrogens is 6. The van der Waals surface area contributed by atoms with Crippen molar-refractivity contribution in [3.05, 3.63) is 60.4 Å². The molecule has 2 saturated heterocycles. The predicted molar refractivity (Wildman–Crippen MR) is 209 cm³/mol. The van der Waals surface area contributed by atoms with E-state index in [4.69, 9.17) is 14.5 Å². The van der Waals surface area contributed by atoms with E-state index in [0.29, 0.717) is 18.8 Å². The van der Waals surface area contributed by atoms with E-state index in [9.17, 15) is 19.2 Å². The molecule has 0 radical (unpaired) electrons. The number of methoxy groups -OCH3 is 2. The van der Waals surface area contributed by atoms with Crippen molar-refractivity contribution in [3.8, 4) is 33.1 Å². The maximum Gasteiger partial charge on any atom is 0.407 e. The minimum Gasteiger partial charge on any atom is -0.453 e. The van der Waals surface area contributed by atoms with Gasteiger partial charge < -0.3 is 34.9 Å². The van der Waals surface area contributed by atoms with Crippen molar-refractivity contribution in [2.24, 2.45) is 11.8 Å². The van der Waals surface area contributed by atoms with Crippen molar-refractivity contribution in [2.75, 3.05) is 27.3 Å². The highest BCUT2D eigenvalue weighted by molar-refractivity contribution is 7.20. The summed E-state index contributed by atoms with van der Waals surface area (Å²) < 4.78 is 11.5. The van der Waals surface area contributed by atoms with Crippen LogP contribution in [-0.2, 0) is 19.1 Å². The van der Waals surface area contributed by atoms with Crippen molar-refractivity contribution in [3.63, 3.8) is 0 Å².